The molecular formula is C2H6ClNdO. The zero-order chi connectivity index (χ0) is 4.71. The molecule has 0 amide bonds. The Balaban J connectivity index is 0. The van der Waals surface area contributed by atoms with Crippen molar-refractivity contribution in [2.45, 2.75) is 6.92 Å². The van der Waals surface area contributed by atoms with E-state index in [0.717, 1.165) is 37.2 Å². The van der Waals surface area contributed by atoms with E-state index in [1.54, 1.807) is 6.92 Å². The summed E-state index contributed by atoms with van der Waals surface area (Å²) in [7, 11) is 0. The van der Waals surface area contributed by atoms with Crippen molar-refractivity contribution in [3.63, 3.8) is 0 Å². The van der Waals surface area contributed by atoms with Gasteiger partial charge in [-0.15, -0.1) is 0 Å². The molecule has 0 spiro atoms. The second kappa shape index (κ2) is 17.5. The Kier molecular flexibility index (Phi) is 34.3. The van der Waals surface area contributed by atoms with Gasteiger partial charge < -0.3 is 5.11 Å². The second-order valence-electron chi connectivity index (χ2n) is 0.316. The van der Waals surface area contributed by atoms with Crippen molar-refractivity contribution in [1.29, 1.82) is 0 Å². The third-order valence-electron chi connectivity index (χ3n) is 0. The van der Waals surface area contributed by atoms with Crippen LogP contribution in [0.25, 0.3) is 0 Å². The molecule has 5 heavy (non-hydrogen) atoms. The molecule has 0 heterocycles. The van der Waals surface area contributed by atoms with E-state index in [9.17, 15) is 0 Å². The topological polar surface area (TPSA) is 20.2 Å². The zero-order valence-electron chi connectivity index (χ0n) is 3.03. The van der Waals surface area contributed by atoms with Crippen molar-refractivity contribution in [3.05, 3.63) is 0 Å². The van der Waals surface area contributed by atoms with E-state index in [0.29, 0.717) is 0 Å². The van der Waals surface area contributed by atoms with Gasteiger partial charge >= 0.3 is 43.0 Å². The molecular weight excluding hydrogens is 220 g/mol. The first-order chi connectivity index (χ1) is 2.41. The minimum absolute atomic E-state index is 0.250. The van der Waals surface area contributed by atoms with E-state index in [2.05, 4.69) is 0 Å². The molecule has 0 unspecified atom stereocenters. The van der Waals surface area contributed by atoms with Crippen molar-refractivity contribution < 1.29 is 42.3 Å². The molecule has 0 rings (SSSR count). The number of aliphatic hydroxyl groups is 1. The van der Waals surface area contributed by atoms with Crippen LogP contribution in [0.3, 0.4) is 0 Å². The van der Waals surface area contributed by atoms with Crippen LogP contribution in [0.4, 0.5) is 0 Å². The van der Waals surface area contributed by atoms with E-state index in [1.165, 1.54) is 0 Å². The summed E-state index contributed by atoms with van der Waals surface area (Å²) in [6.07, 6.45) is 0. The van der Waals surface area contributed by atoms with E-state index < -0.39 is 0 Å². The monoisotopic (exact) mass is 223 g/mol. The summed E-state index contributed by atoms with van der Waals surface area (Å²) in [5.74, 6) is 4.78. The number of halogens is 1. The summed E-state index contributed by atoms with van der Waals surface area (Å²) in [6, 6.07) is 0. The van der Waals surface area contributed by atoms with Gasteiger partial charge in [-0.1, -0.05) is 0 Å². The first-order valence-electron chi connectivity index (χ1n) is 1.21. The summed E-state index contributed by atoms with van der Waals surface area (Å²) in [5, 5.41) is 7.57. The van der Waals surface area contributed by atoms with Gasteiger partial charge in [0.15, 0.2) is 0 Å². The van der Waals surface area contributed by atoms with Crippen LogP contribution in [-0.4, -0.2) is 11.7 Å². The van der Waals surface area contributed by atoms with Crippen molar-refractivity contribution in [2.75, 3.05) is 6.61 Å². The third-order valence-corrected chi connectivity index (χ3v) is 0. The Labute approximate surface area is 60.8 Å². The third kappa shape index (κ3) is 28.3. The van der Waals surface area contributed by atoms with E-state index >= 15 is 0 Å². The fourth-order valence-electron chi connectivity index (χ4n) is 0. The van der Waals surface area contributed by atoms with Crippen molar-refractivity contribution in [1.82, 2.24) is 0 Å². The van der Waals surface area contributed by atoms with Crippen LogP contribution in [0.5, 0.6) is 0 Å². The summed E-state index contributed by atoms with van der Waals surface area (Å²) >= 11 is 0.778. The molecule has 0 aliphatic rings. The average molecular weight is 226 g/mol. The van der Waals surface area contributed by atoms with Gasteiger partial charge in [-0.25, -0.2) is 0 Å². The van der Waals surface area contributed by atoms with E-state index in [-0.39, 0.29) is 6.61 Å². The fraction of sp³-hybridized carbons (Fsp3) is 1.00. The quantitative estimate of drug-likeness (QED) is 0.643. The molecule has 0 saturated heterocycles. The summed E-state index contributed by atoms with van der Waals surface area (Å²) < 4.78 is 0. The van der Waals surface area contributed by atoms with Crippen LogP contribution in [0.1, 0.15) is 6.92 Å². The van der Waals surface area contributed by atoms with E-state index in [1.807, 2.05) is 0 Å². The van der Waals surface area contributed by atoms with Crippen molar-refractivity contribution >= 4 is 5.80 Å². The Morgan fingerprint density at radius 2 is 1.80 bits per heavy atom. The normalized spacial score (nSPS) is 4.40. The summed E-state index contributed by atoms with van der Waals surface area (Å²) in [4.78, 5) is 0. The number of hydrogen-bond acceptors (Lipinski definition) is 1. The molecule has 0 bridgehead atoms. The standard InChI is InChI=1S/C2H6O.ClH.Nd/c1-2-3;;/h3H,2H2,1H3;1H;/q;;+1/p-1. The Hall–Kier alpha value is 1.60. The predicted octanol–water partition coefficient (Wildman–Crippen LogP) is 0.688. The van der Waals surface area contributed by atoms with Crippen LogP contribution < -0.4 is 0 Å². The maximum atomic E-state index is 7.57. The van der Waals surface area contributed by atoms with Gasteiger partial charge in [-0.3, -0.25) is 0 Å². The van der Waals surface area contributed by atoms with Gasteiger partial charge in [-0.05, 0) is 6.92 Å². The first-order valence-corrected chi connectivity index (χ1v) is 5.23. The van der Waals surface area contributed by atoms with Gasteiger partial charge in [0.05, 0.1) is 0 Å². The molecule has 0 atom stereocenters. The Morgan fingerprint density at radius 3 is 1.80 bits per heavy atom. The van der Waals surface area contributed by atoms with Crippen molar-refractivity contribution in [2.24, 2.45) is 0 Å². The number of aliphatic hydroxyl groups excluding tert-OH is 1. The SMILES string of the molecule is CCO.[Cl][Nd]. The number of rotatable bonds is 0. The molecule has 0 radical (unpaired) electrons. The molecule has 1 N–H and O–H groups in total. The van der Waals surface area contributed by atoms with Gasteiger partial charge in [0.1, 0.15) is 0 Å². The molecule has 1 nitrogen and oxygen atoms in total. The van der Waals surface area contributed by atoms with Gasteiger partial charge in [-0.2, -0.15) is 0 Å². The number of hydrogen-bond donors (Lipinski definition) is 1. The van der Waals surface area contributed by atoms with E-state index in [4.69, 9.17) is 10.9 Å². The molecule has 0 aromatic rings. The molecule has 3 heteroatoms. The van der Waals surface area contributed by atoms with Crippen LogP contribution in [0.15, 0.2) is 0 Å². The zero-order valence-corrected chi connectivity index (χ0v) is 7.00. The minimum atomic E-state index is 0.250. The predicted molar refractivity (Wildman–Crippen MR) is 18.6 cm³/mol. The average Bonchev–Trinajstić information content (AvgIpc) is 1.46. The van der Waals surface area contributed by atoms with Crippen LogP contribution in [0, 0.1) is 37.2 Å². The molecule has 0 aliphatic heterocycles. The summed E-state index contributed by atoms with van der Waals surface area (Å²) in [6.45, 7) is 1.93. The van der Waals surface area contributed by atoms with Crippen LogP contribution >= 0.6 is 5.80 Å². The Morgan fingerprint density at radius 1 is 1.80 bits per heavy atom. The molecule has 0 aromatic heterocycles. The molecule has 0 fully saturated rings. The maximum absolute atomic E-state index is 7.57. The fourth-order valence-corrected chi connectivity index (χ4v) is 0. The van der Waals surface area contributed by atoms with Crippen LogP contribution in [0.2, 0.25) is 0 Å². The van der Waals surface area contributed by atoms with Crippen molar-refractivity contribution in [3.8, 4) is 0 Å². The van der Waals surface area contributed by atoms with Gasteiger partial charge in [0, 0.05) is 6.61 Å². The van der Waals surface area contributed by atoms with Gasteiger partial charge in [0.2, 0.25) is 0 Å². The first kappa shape index (κ1) is 9.78. The van der Waals surface area contributed by atoms with Crippen LogP contribution in [-0.2, 0) is 0 Å². The molecule has 31 valence electrons. The van der Waals surface area contributed by atoms with Gasteiger partial charge in [0.25, 0.3) is 0 Å². The second-order valence-corrected chi connectivity index (χ2v) is 0.316. The molecule has 0 aliphatic carbocycles. The molecule has 0 saturated carbocycles. The summed E-state index contributed by atoms with van der Waals surface area (Å²) in [5.41, 5.74) is 0. The molecule has 0 aromatic carbocycles. The Bertz CT molecular complexity index is 9.61.